The van der Waals surface area contributed by atoms with E-state index in [1.54, 1.807) is 6.07 Å². The minimum absolute atomic E-state index is 0.343. The molecule has 8 heteroatoms. The van der Waals surface area contributed by atoms with Crippen LogP contribution in [0.1, 0.15) is 54.4 Å². The zero-order valence-corrected chi connectivity index (χ0v) is 14.5. The molecule has 1 aliphatic carbocycles. The van der Waals surface area contributed by atoms with Crippen LogP contribution in [0.15, 0.2) is 24.3 Å². The van der Waals surface area contributed by atoms with E-state index in [4.69, 9.17) is 15.6 Å². The van der Waals surface area contributed by atoms with Gasteiger partial charge in [-0.1, -0.05) is 50.3 Å². The number of benzene rings is 1. The summed E-state index contributed by atoms with van der Waals surface area (Å²) in [4.78, 5) is 20.2. The third-order valence-electron chi connectivity index (χ3n) is 4.29. The first-order chi connectivity index (χ1) is 12.2. The highest BCUT2D eigenvalue weighted by molar-refractivity contribution is 5.94. The molecule has 0 aliphatic heterocycles. The molecule has 0 heterocycles. The molecule has 0 spiro atoms. The summed E-state index contributed by atoms with van der Waals surface area (Å²) in [6, 6.07) is 7.56. The predicted octanol–water partition coefficient (Wildman–Crippen LogP) is 3.48. The van der Waals surface area contributed by atoms with E-state index in [1.165, 1.54) is 38.5 Å². The van der Waals surface area contributed by atoms with Crippen LogP contribution < -0.4 is 11.1 Å². The lowest BCUT2D eigenvalue weighted by Crippen LogP contribution is -2.21. The Balaban J connectivity index is 0.000000412. The number of amides is 1. The second-order valence-electron chi connectivity index (χ2n) is 6.29. The average Bonchev–Trinajstić information content (AvgIpc) is 2.59. The molecule has 0 atom stereocenters. The van der Waals surface area contributed by atoms with Crippen molar-refractivity contribution in [3.8, 4) is 0 Å². The van der Waals surface area contributed by atoms with E-state index in [0.29, 0.717) is 5.56 Å². The number of nitrogens with two attached hydrogens (primary N) is 1. The number of halogens is 3. The molecule has 0 aromatic heterocycles. The standard InChI is InChI=1S/C16H24N2O.C2HF3O2/c17-16(19)15-9-5-4-8-14(15)12-18-11-10-13-6-2-1-3-7-13;3-2(4,5)1(6)7/h4-5,8-9,13,18H,1-3,6-7,10-12H2,(H2,17,19);(H,6,7). The molecule has 0 radical (unpaired) electrons. The molecule has 2 rings (SSSR count). The van der Waals surface area contributed by atoms with Gasteiger partial charge in [0.05, 0.1) is 0 Å². The number of rotatable bonds is 6. The first-order valence-corrected chi connectivity index (χ1v) is 8.60. The van der Waals surface area contributed by atoms with Crippen LogP contribution in [0.4, 0.5) is 13.2 Å². The number of carbonyl (C=O) groups is 2. The summed E-state index contributed by atoms with van der Waals surface area (Å²) in [5, 5.41) is 10.6. The summed E-state index contributed by atoms with van der Waals surface area (Å²) in [6.07, 6.45) is 3.15. The molecule has 146 valence electrons. The van der Waals surface area contributed by atoms with Crippen molar-refractivity contribution in [3.63, 3.8) is 0 Å². The highest BCUT2D eigenvalue weighted by Gasteiger charge is 2.38. The van der Waals surface area contributed by atoms with Crippen LogP contribution in [0.2, 0.25) is 0 Å². The fourth-order valence-electron chi connectivity index (χ4n) is 2.92. The van der Waals surface area contributed by atoms with Gasteiger partial charge in [0.15, 0.2) is 0 Å². The Kier molecular flexibility index (Phi) is 9.12. The third kappa shape index (κ3) is 8.33. The maximum atomic E-state index is 11.3. The van der Waals surface area contributed by atoms with Gasteiger partial charge in [-0.3, -0.25) is 4.79 Å². The van der Waals surface area contributed by atoms with Gasteiger partial charge in [0, 0.05) is 12.1 Å². The van der Waals surface area contributed by atoms with Crippen molar-refractivity contribution in [1.29, 1.82) is 0 Å². The zero-order chi connectivity index (χ0) is 19.6. The summed E-state index contributed by atoms with van der Waals surface area (Å²) >= 11 is 0. The predicted molar refractivity (Wildman–Crippen MR) is 91.5 cm³/mol. The van der Waals surface area contributed by atoms with E-state index in [-0.39, 0.29) is 5.91 Å². The SMILES string of the molecule is NC(=O)c1ccccc1CNCCC1CCCCC1.O=C(O)C(F)(F)F. The molecule has 1 aliphatic rings. The van der Waals surface area contributed by atoms with Crippen molar-refractivity contribution in [2.24, 2.45) is 11.7 Å². The number of carboxylic acids is 1. The second kappa shape index (κ2) is 10.8. The number of nitrogens with one attached hydrogen (secondary N) is 1. The van der Waals surface area contributed by atoms with Gasteiger partial charge in [0.1, 0.15) is 0 Å². The van der Waals surface area contributed by atoms with E-state index in [2.05, 4.69) is 5.32 Å². The molecular weight excluding hydrogens is 349 g/mol. The number of hydrogen-bond acceptors (Lipinski definition) is 3. The topological polar surface area (TPSA) is 92.4 Å². The van der Waals surface area contributed by atoms with Crippen molar-refractivity contribution in [2.75, 3.05) is 6.54 Å². The minimum atomic E-state index is -5.08. The Labute approximate surface area is 150 Å². The van der Waals surface area contributed by atoms with Crippen LogP contribution >= 0.6 is 0 Å². The van der Waals surface area contributed by atoms with Crippen LogP contribution in [0.3, 0.4) is 0 Å². The lowest BCUT2D eigenvalue weighted by molar-refractivity contribution is -0.192. The highest BCUT2D eigenvalue weighted by atomic mass is 19.4. The average molecular weight is 374 g/mol. The molecule has 1 aromatic rings. The largest absolute Gasteiger partial charge is 0.490 e. The van der Waals surface area contributed by atoms with Gasteiger partial charge in [-0.05, 0) is 30.5 Å². The van der Waals surface area contributed by atoms with E-state index >= 15 is 0 Å². The maximum absolute atomic E-state index is 11.3. The van der Waals surface area contributed by atoms with Crippen molar-refractivity contribution in [3.05, 3.63) is 35.4 Å². The fraction of sp³-hybridized carbons (Fsp3) is 0.556. The molecule has 1 fully saturated rings. The van der Waals surface area contributed by atoms with Gasteiger partial charge in [-0.15, -0.1) is 0 Å². The van der Waals surface area contributed by atoms with Gasteiger partial charge in [0.2, 0.25) is 5.91 Å². The van der Waals surface area contributed by atoms with Crippen LogP contribution in [-0.2, 0) is 11.3 Å². The molecule has 5 nitrogen and oxygen atoms in total. The van der Waals surface area contributed by atoms with Crippen LogP contribution in [0.5, 0.6) is 0 Å². The van der Waals surface area contributed by atoms with Gasteiger partial charge in [-0.2, -0.15) is 13.2 Å². The smallest absolute Gasteiger partial charge is 0.475 e. The second-order valence-corrected chi connectivity index (χ2v) is 6.29. The number of carboxylic acid groups (broad SMARTS) is 1. The molecule has 0 saturated heterocycles. The number of alkyl halides is 3. The summed E-state index contributed by atoms with van der Waals surface area (Å²) in [5.74, 6) is -2.20. The van der Waals surface area contributed by atoms with Crippen molar-refractivity contribution >= 4 is 11.9 Å². The normalized spacial score (nSPS) is 15.0. The maximum Gasteiger partial charge on any atom is 0.490 e. The Morgan fingerprint density at radius 2 is 1.73 bits per heavy atom. The first kappa shape index (κ1) is 22.0. The van der Waals surface area contributed by atoms with Gasteiger partial charge >= 0.3 is 12.1 Å². The van der Waals surface area contributed by atoms with Crippen LogP contribution in [0.25, 0.3) is 0 Å². The molecule has 0 unspecified atom stereocenters. The van der Waals surface area contributed by atoms with Gasteiger partial charge < -0.3 is 16.2 Å². The Morgan fingerprint density at radius 3 is 2.27 bits per heavy atom. The Morgan fingerprint density at radius 1 is 1.15 bits per heavy atom. The van der Waals surface area contributed by atoms with Gasteiger partial charge in [-0.25, -0.2) is 4.79 Å². The Bertz CT molecular complexity index is 585. The van der Waals surface area contributed by atoms with Crippen molar-refractivity contribution < 1.29 is 27.9 Å². The lowest BCUT2D eigenvalue weighted by Gasteiger charge is -2.21. The molecule has 1 saturated carbocycles. The third-order valence-corrected chi connectivity index (χ3v) is 4.29. The summed E-state index contributed by atoms with van der Waals surface area (Å²) < 4.78 is 31.7. The molecule has 1 amide bonds. The summed E-state index contributed by atoms with van der Waals surface area (Å²) in [7, 11) is 0. The molecular formula is C18H25F3N2O3. The number of aliphatic carboxylic acids is 1. The molecule has 4 N–H and O–H groups in total. The van der Waals surface area contributed by atoms with Crippen LogP contribution in [-0.4, -0.2) is 29.7 Å². The lowest BCUT2D eigenvalue weighted by atomic mass is 9.87. The quantitative estimate of drug-likeness (QED) is 0.665. The van der Waals surface area contributed by atoms with Crippen molar-refractivity contribution in [2.45, 2.75) is 51.2 Å². The summed E-state index contributed by atoms with van der Waals surface area (Å²) in [6.45, 7) is 1.75. The number of hydrogen-bond donors (Lipinski definition) is 3. The highest BCUT2D eigenvalue weighted by Crippen LogP contribution is 2.25. The van der Waals surface area contributed by atoms with E-state index in [9.17, 15) is 18.0 Å². The van der Waals surface area contributed by atoms with E-state index in [1.807, 2.05) is 18.2 Å². The van der Waals surface area contributed by atoms with Crippen LogP contribution in [0, 0.1) is 5.92 Å². The molecule has 0 bridgehead atoms. The molecule has 1 aromatic carbocycles. The van der Waals surface area contributed by atoms with Crippen molar-refractivity contribution in [1.82, 2.24) is 5.32 Å². The summed E-state index contributed by atoms with van der Waals surface area (Å²) in [5.41, 5.74) is 7.00. The zero-order valence-electron chi connectivity index (χ0n) is 14.5. The number of primary amides is 1. The molecule has 26 heavy (non-hydrogen) atoms. The monoisotopic (exact) mass is 374 g/mol. The number of carbonyl (C=O) groups excluding carboxylic acids is 1. The minimum Gasteiger partial charge on any atom is -0.475 e. The first-order valence-electron chi connectivity index (χ1n) is 8.60. The van der Waals surface area contributed by atoms with E-state index in [0.717, 1.165) is 24.6 Å². The van der Waals surface area contributed by atoms with E-state index < -0.39 is 12.1 Å². The fourth-order valence-corrected chi connectivity index (χ4v) is 2.92. The van der Waals surface area contributed by atoms with Gasteiger partial charge in [0.25, 0.3) is 0 Å². The Hall–Kier alpha value is -2.09.